The van der Waals surface area contributed by atoms with E-state index in [9.17, 15) is 5.11 Å². The van der Waals surface area contributed by atoms with Crippen molar-refractivity contribution >= 4 is 0 Å². The number of nitrogens with zero attached hydrogens (tertiary/aromatic N) is 2. The molecule has 3 heteroatoms. The zero-order valence-electron chi connectivity index (χ0n) is 13.0. The number of aliphatic hydroxyl groups is 1. The molecule has 0 spiro atoms. The first kappa shape index (κ1) is 15.3. The third-order valence-corrected chi connectivity index (χ3v) is 5.37. The van der Waals surface area contributed by atoms with Crippen molar-refractivity contribution in [1.82, 2.24) is 9.80 Å². The van der Waals surface area contributed by atoms with Crippen LogP contribution in [0.2, 0.25) is 0 Å². The average molecular weight is 268 g/mol. The third-order valence-electron chi connectivity index (χ3n) is 5.37. The van der Waals surface area contributed by atoms with Crippen molar-refractivity contribution in [2.24, 2.45) is 11.8 Å². The molecule has 3 nitrogen and oxygen atoms in total. The molecule has 0 amide bonds. The number of likely N-dealkylation sites (tertiary alicyclic amines) is 1. The summed E-state index contributed by atoms with van der Waals surface area (Å²) in [6.07, 6.45) is 7.32. The van der Waals surface area contributed by atoms with Crippen molar-refractivity contribution in [1.29, 1.82) is 0 Å². The minimum atomic E-state index is -0.0634. The fourth-order valence-corrected chi connectivity index (χ4v) is 3.93. The number of aliphatic hydroxyl groups excluding tert-OH is 1. The van der Waals surface area contributed by atoms with Crippen LogP contribution in [0, 0.1) is 11.8 Å². The van der Waals surface area contributed by atoms with Crippen LogP contribution in [0.1, 0.15) is 45.4 Å². The van der Waals surface area contributed by atoms with E-state index < -0.39 is 0 Å². The van der Waals surface area contributed by atoms with Crippen molar-refractivity contribution in [3.8, 4) is 0 Å². The Balaban J connectivity index is 1.84. The van der Waals surface area contributed by atoms with Crippen LogP contribution in [-0.2, 0) is 0 Å². The highest BCUT2D eigenvalue weighted by Crippen LogP contribution is 2.32. The molecule has 1 N–H and O–H groups in total. The van der Waals surface area contributed by atoms with E-state index in [1.54, 1.807) is 0 Å². The lowest BCUT2D eigenvalue weighted by Crippen LogP contribution is -2.48. The van der Waals surface area contributed by atoms with Crippen LogP contribution in [-0.4, -0.2) is 60.8 Å². The van der Waals surface area contributed by atoms with Gasteiger partial charge in [-0.1, -0.05) is 13.3 Å². The first-order chi connectivity index (χ1) is 9.10. The number of hydrogen-bond acceptors (Lipinski definition) is 3. The van der Waals surface area contributed by atoms with E-state index in [0.717, 1.165) is 18.9 Å². The fourth-order valence-electron chi connectivity index (χ4n) is 3.93. The molecule has 0 radical (unpaired) electrons. The summed E-state index contributed by atoms with van der Waals surface area (Å²) in [6.45, 7) is 5.81. The topological polar surface area (TPSA) is 26.7 Å². The molecule has 2 fully saturated rings. The Morgan fingerprint density at radius 3 is 2.74 bits per heavy atom. The maximum Gasteiger partial charge on any atom is 0.0580 e. The number of rotatable bonds is 4. The Labute approximate surface area is 119 Å². The number of likely N-dealkylation sites (N-methyl/N-ethyl adjacent to an activating group) is 2. The number of piperidine rings is 1. The molecule has 1 aliphatic carbocycles. The highest BCUT2D eigenvalue weighted by atomic mass is 16.3. The van der Waals surface area contributed by atoms with Crippen molar-refractivity contribution < 1.29 is 5.11 Å². The molecular formula is C16H32N2O. The summed E-state index contributed by atoms with van der Waals surface area (Å²) in [4.78, 5) is 4.96. The Kier molecular flexibility index (Phi) is 5.67. The zero-order chi connectivity index (χ0) is 13.8. The van der Waals surface area contributed by atoms with Crippen LogP contribution in [0.3, 0.4) is 0 Å². The molecule has 4 unspecified atom stereocenters. The van der Waals surface area contributed by atoms with Gasteiger partial charge in [0.25, 0.3) is 0 Å². The van der Waals surface area contributed by atoms with E-state index in [1.807, 2.05) is 0 Å². The highest BCUT2D eigenvalue weighted by molar-refractivity contribution is 4.84. The molecule has 1 heterocycles. The molecular weight excluding hydrogens is 236 g/mol. The summed E-state index contributed by atoms with van der Waals surface area (Å²) < 4.78 is 0. The van der Waals surface area contributed by atoms with Crippen molar-refractivity contribution in [3.05, 3.63) is 0 Å². The SMILES string of the molecule is CCC1CCC(O)C(CN(C)C2CCCN(C)C2)C1. The van der Waals surface area contributed by atoms with Gasteiger partial charge in [-0.25, -0.2) is 0 Å². The summed E-state index contributed by atoms with van der Waals surface area (Å²) in [6, 6.07) is 0.688. The zero-order valence-corrected chi connectivity index (χ0v) is 13.0. The van der Waals surface area contributed by atoms with Gasteiger partial charge >= 0.3 is 0 Å². The second-order valence-corrected chi connectivity index (χ2v) is 6.91. The molecule has 2 rings (SSSR count). The Morgan fingerprint density at radius 2 is 2.05 bits per heavy atom. The van der Waals surface area contributed by atoms with Gasteiger partial charge in [0, 0.05) is 19.1 Å². The van der Waals surface area contributed by atoms with Crippen molar-refractivity contribution in [3.63, 3.8) is 0 Å². The van der Waals surface area contributed by atoms with Crippen molar-refractivity contribution in [2.75, 3.05) is 33.7 Å². The molecule has 4 atom stereocenters. The van der Waals surface area contributed by atoms with Crippen LogP contribution >= 0.6 is 0 Å². The standard InChI is InChI=1S/C16H32N2O/c1-4-13-7-8-16(19)14(10-13)11-18(3)15-6-5-9-17(2)12-15/h13-16,19H,4-12H2,1-3H3. The molecule has 0 aromatic heterocycles. The van der Waals surface area contributed by atoms with Crippen LogP contribution in [0.25, 0.3) is 0 Å². The minimum absolute atomic E-state index is 0.0634. The minimum Gasteiger partial charge on any atom is -0.393 e. The van der Waals surface area contributed by atoms with Crippen LogP contribution in [0.4, 0.5) is 0 Å². The molecule has 0 aromatic carbocycles. The Bertz CT molecular complexity index is 271. The van der Waals surface area contributed by atoms with Gasteiger partial charge in [-0.3, -0.25) is 0 Å². The van der Waals surface area contributed by atoms with Gasteiger partial charge in [0.15, 0.2) is 0 Å². The molecule has 19 heavy (non-hydrogen) atoms. The Hall–Kier alpha value is -0.120. The van der Waals surface area contributed by atoms with E-state index in [2.05, 4.69) is 30.8 Å². The van der Waals surface area contributed by atoms with Crippen molar-refractivity contribution in [2.45, 2.75) is 57.6 Å². The van der Waals surface area contributed by atoms with Gasteiger partial charge in [0.05, 0.1) is 6.10 Å². The van der Waals surface area contributed by atoms with E-state index in [1.165, 1.54) is 45.2 Å². The smallest absolute Gasteiger partial charge is 0.0580 e. The molecule has 1 saturated heterocycles. The first-order valence-electron chi connectivity index (χ1n) is 8.17. The van der Waals surface area contributed by atoms with E-state index >= 15 is 0 Å². The van der Waals surface area contributed by atoms with Gasteiger partial charge in [-0.2, -0.15) is 0 Å². The fraction of sp³-hybridized carbons (Fsp3) is 1.00. The second kappa shape index (κ2) is 7.05. The lowest BCUT2D eigenvalue weighted by molar-refractivity contribution is 0.0168. The third kappa shape index (κ3) is 4.17. The summed E-state index contributed by atoms with van der Waals surface area (Å²) >= 11 is 0. The molecule has 112 valence electrons. The molecule has 2 aliphatic rings. The first-order valence-corrected chi connectivity index (χ1v) is 8.17. The van der Waals surface area contributed by atoms with Gasteiger partial charge < -0.3 is 14.9 Å². The summed E-state index contributed by atoms with van der Waals surface area (Å²) in [5, 5.41) is 10.2. The lowest BCUT2D eigenvalue weighted by atomic mass is 9.78. The number of hydrogen-bond donors (Lipinski definition) is 1. The molecule has 0 bridgehead atoms. The maximum absolute atomic E-state index is 10.2. The average Bonchev–Trinajstić information content (AvgIpc) is 2.41. The monoisotopic (exact) mass is 268 g/mol. The quantitative estimate of drug-likeness (QED) is 0.847. The van der Waals surface area contributed by atoms with E-state index in [4.69, 9.17) is 0 Å². The van der Waals surface area contributed by atoms with Crippen LogP contribution in [0.15, 0.2) is 0 Å². The van der Waals surface area contributed by atoms with Gasteiger partial charge in [0.2, 0.25) is 0 Å². The predicted octanol–water partition coefficient (Wildman–Crippen LogP) is 2.20. The normalized spacial score (nSPS) is 37.7. The van der Waals surface area contributed by atoms with Gasteiger partial charge in [0.1, 0.15) is 0 Å². The second-order valence-electron chi connectivity index (χ2n) is 6.91. The lowest BCUT2D eigenvalue weighted by Gasteiger charge is -2.40. The molecule has 1 aliphatic heterocycles. The maximum atomic E-state index is 10.2. The summed E-state index contributed by atoms with van der Waals surface area (Å²) in [5.74, 6) is 1.34. The summed E-state index contributed by atoms with van der Waals surface area (Å²) in [7, 11) is 4.48. The molecule has 0 aromatic rings. The van der Waals surface area contributed by atoms with Crippen LogP contribution in [0.5, 0.6) is 0 Å². The highest BCUT2D eigenvalue weighted by Gasteiger charge is 2.31. The van der Waals surface area contributed by atoms with Gasteiger partial charge in [-0.15, -0.1) is 0 Å². The molecule has 1 saturated carbocycles. The van der Waals surface area contributed by atoms with E-state index in [0.29, 0.717) is 12.0 Å². The Morgan fingerprint density at radius 1 is 1.26 bits per heavy atom. The summed E-state index contributed by atoms with van der Waals surface area (Å²) in [5.41, 5.74) is 0. The predicted molar refractivity (Wildman–Crippen MR) is 80.3 cm³/mol. The van der Waals surface area contributed by atoms with Gasteiger partial charge in [-0.05, 0) is 64.6 Å². The van der Waals surface area contributed by atoms with E-state index in [-0.39, 0.29) is 6.10 Å². The van der Waals surface area contributed by atoms with Crippen LogP contribution < -0.4 is 0 Å². The largest absolute Gasteiger partial charge is 0.393 e.